The van der Waals surface area contributed by atoms with E-state index < -0.39 is 12.3 Å². The van der Waals surface area contributed by atoms with Crippen molar-refractivity contribution in [3.8, 4) is 0 Å². The molecule has 0 radical (unpaired) electrons. The highest BCUT2D eigenvalue weighted by Gasteiger charge is 2.13. The normalized spacial score (nSPS) is 12.9. The van der Waals surface area contributed by atoms with E-state index in [1.807, 2.05) is 6.92 Å². The van der Waals surface area contributed by atoms with Gasteiger partial charge in [-0.05, 0) is 25.8 Å². The average molecular weight is 218 g/mol. The second-order valence-corrected chi connectivity index (χ2v) is 3.40. The molecule has 90 valence electrons. The monoisotopic (exact) mass is 218 g/mol. The molecule has 0 saturated carbocycles. The smallest absolute Gasteiger partial charge is 0.322 e. The Morgan fingerprint density at radius 3 is 2.60 bits per heavy atom. The van der Waals surface area contributed by atoms with E-state index in [9.17, 15) is 4.79 Å². The molecule has 0 aliphatic heterocycles. The van der Waals surface area contributed by atoms with Gasteiger partial charge in [0.1, 0.15) is 12.3 Å². The number of nitrogens with one attached hydrogen (secondary N) is 1. The van der Waals surface area contributed by atoms with Gasteiger partial charge in [0.2, 0.25) is 0 Å². The number of ether oxygens (including phenoxy) is 1. The molecule has 0 aromatic heterocycles. The number of hydrogen-bond acceptors (Lipinski definition) is 6. The van der Waals surface area contributed by atoms with Gasteiger partial charge < -0.3 is 21.9 Å². The van der Waals surface area contributed by atoms with Crippen LogP contribution in [-0.4, -0.2) is 31.5 Å². The summed E-state index contributed by atoms with van der Waals surface area (Å²) in [5.74, 6) is -0.339. The zero-order valence-electron chi connectivity index (χ0n) is 9.24. The van der Waals surface area contributed by atoms with E-state index in [1.165, 1.54) is 0 Å². The molecule has 0 aromatic rings. The Labute approximate surface area is 90.5 Å². The van der Waals surface area contributed by atoms with E-state index in [0.717, 1.165) is 12.8 Å². The standard InChI is InChI=1S/C9H22N4O2/c1-2-6-15-8(14)7(10)4-3-5-13-9(11)12/h7,9,13H,2-6,10-12H2,1H3/t7-/m0/s1. The van der Waals surface area contributed by atoms with Gasteiger partial charge in [0.25, 0.3) is 0 Å². The highest BCUT2D eigenvalue weighted by molar-refractivity contribution is 5.75. The van der Waals surface area contributed by atoms with Gasteiger partial charge in [0.05, 0.1) is 6.61 Å². The van der Waals surface area contributed by atoms with E-state index in [0.29, 0.717) is 19.6 Å². The summed E-state index contributed by atoms with van der Waals surface area (Å²) in [6, 6.07) is -0.549. The first kappa shape index (κ1) is 14.3. The highest BCUT2D eigenvalue weighted by Crippen LogP contribution is 1.97. The van der Waals surface area contributed by atoms with Crippen LogP contribution in [0, 0.1) is 0 Å². The number of carbonyl (C=O) groups is 1. The van der Waals surface area contributed by atoms with Gasteiger partial charge in [-0.1, -0.05) is 6.92 Å². The van der Waals surface area contributed by atoms with Gasteiger partial charge in [-0.3, -0.25) is 10.1 Å². The third-order valence-corrected chi connectivity index (χ3v) is 1.82. The zero-order valence-corrected chi connectivity index (χ0v) is 9.24. The Morgan fingerprint density at radius 1 is 1.40 bits per heavy atom. The SMILES string of the molecule is CCCOC(=O)[C@@H](N)CCCNC(N)N. The van der Waals surface area contributed by atoms with Crippen LogP contribution in [0.1, 0.15) is 26.2 Å². The second kappa shape index (κ2) is 8.60. The average Bonchev–Trinajstić information content (AvgIpc) is 2.20. The van der Waals surface area contributed by atoms with Crippen molar-refractivity contribution < 1.29 is 9.53 Å². The summed E-state index contributed by atoms with van der Waals surface area (Å²) in [5, 5.41) is 2.83. The van der Waals surface area contributed by atoms with Crippen molar-refractivity contribution >= 4 is 5.97 Å². The fourth-order valence-corrected chi connectivity index (χ4v) is 1.02. The second-order valence-electron chi connectivity index (χ2n) is 3.40. The third-order valence-electron chi connectivity index (χ3n) is 1.82. The molecule has 6 heteroatoms. The van der Waals surface area contributed by atoms with E-state index in [4.69, 9.17) is 21.9 Å². The zero-order chi connectivity index (χ0) is 11.7. The molecule has 0 fully saturated rings. The molecule has 15 heavy (non-hydrogen) atoms. The lowest BCUT2D eigenvalue weighted by Gasteiger charge is -2.12. The first-order valence-electron chi connectivity index (χ1n) is 5.24. The van der Waals surface area contributed by atoms with Crippen LogP contribution in [0.4, 0.5) is 0 Å². The van der Waals surface area contributed by atoms with Crippen molar-refractivity contribution in [1.29, 1.82) is 0 Å². The molecule has 6 nitrogen and oxygen atoms in total. The van der Waals surface area contributed by atoms with Crippen LogP contribution in [0.15, 0.2) is 0 Å². The molecule has 1 atom stereocenters. The van der Waals surface area contributed by atoms with Gasteiger partial charge in [-0.2, -0.15) is 0 Å². The summed E-state index contributed by atoms with van der Waals surface area (Å²) in [7, 11) is 0. The molecular weight excluding hydrogens is 196 g/mol. The molecule has 0 amide bonds. The fraction of sp³-hybridized carbons (Fsp3) is 0.889. The molecule has 0 aliphatic rings. The maximum absolute atomic E-state index is 11.2. The molecular formula is C9H22N4O2. The lowest BCUT2D eigenvalue weighted by atomic mass is 10.2. The van der Waals surface area contributed by atoms with Crippen LogP contribution in [-0.2, 0) is 9.53 Å². The number of nitrogens with two attached hydrogens (primary N) is 3. The first-order valence-corrected chi connectivity index (χ1v) is 5.24. The van der Waals surface area contributed by atoms with Crippen molar-refractivity contribution in [3.05, 3.63) is 0 Å². The van der Waals surface area contributed by atoms with Crippen LogP contribution >= 0.6 is 0 Å². The minimum absolute atomic E-state index is 0.339. The van der Waals surface area contributed by atoms with Crippen LogP contribution < -0.4 is 22.5 Å². The molecule has 0 aliphatic carbocycles. The molecule has 0 heterocycles. The Balaban J connectivity index is 3.46. The summed E-state index contributed by atoms with van der Waals surface area (Å²) in [6.07, 6.45) is 1.60. The molecule has 0 rings (SSSR count). The summed E-state index contributed by atoms with van der Waals surface area (Å²) in [4.78, 5) is 11.2. The van der Waals surface area contributed by atoms with Crippen LogP contribution in [0.2, 0.25) is 0 Å². The maximum Gasteiger partial charge on any atom is 0.322 e. The van der Waals surface area contributed by atoms with Crippen molar-refractivity contribution in [3.63, 3.8) is 0 Å². The number of esters is 1. The maximum atomic E-state index is 11.2. The Hall–Kier alpha value is -0.690. The molecule has 0 spiro atoms. The predicted molar refractivity (Wildman–Crippen MR) is 58.6 cm³/mol. The quantitative estimate of drug-likeness (QED) is 0.232. The molecule has 0 saturated heterocycles. The summed E-state index contributed by atoms with van der Waals surface area (Å²) in [6.45, 7) is 3.01. The van der Waals surface area contributed by atoms with Gasteiger partial charge >= 0.3 is 5.97 Å². The molecule has 7 N–H and O–H groups in total. The van der Waals surface area contributed by atoms with Gasteiger partial charge in [0.15, 0.2) is 0 Å². The lowest BCUT2D eigenvalue weighted by Crippen LogP contribution is -2.45. The largest absolute Gasteiger partial charge is 0.465 e. The highest BCUT2D eigenvalue weighted by atomic mass is 16.5. The number of hydrogen-bond donors (Lipinski definition) is 4. The fourth-order valence-electron chi connectivity index (χ4n) is 1.02. The van der Waals surface area contributed by atoms with Crippen LogP contribution in [0.3, 0.4) is 0 Å². The summed E-state index contributed by atoms with van der Waals surface area (Å²) < 4.78 is 4.90. The van der Waals surface area contributed by atoms with Gasteiger partial charge in [-0.15, -0.1) is 0 Å². The lowest BCUT2D eigenvalue weighted by molar-refractivity contribution is -0.145. The Bertz CT molecular complexity index is 175. The van der Waals surface area contributed by atoms with Crippen molar-refractivity contribution in [1.82, 2.24) is 5.32 Å². The van der Waals surface area contributed by atoms with Crippen LogP contribution in [0.25, 0.3) is 0 Å². The summed E-state index contributed by atoms with van der Waals surface area (Å²) >= 11 is 0. The number of carbonyl (C=O) groups excluding carboxylic acids is 1. The minimum atomic E-state index is -0.549. The molecule has 0 unspecified atom stereocenters. The molecule has 0 bridgehead atoms. The van der Waals surface area contributed by atoms with Crippen LogP contribution in [0.5, 0.6) is 0 Å². The molecule has 0 aromatic carbocycles. The first-order chi connectivity index (χ1) is 7.07. The van der Waals surface area contributed by atoms with E-state index in [2.05, 4.69) is 5.32 Å². The van der Waals surface area contributed by atoms with Crippen molar-refractivity contribution in [2.24, 2.45) is 17.2 Å². The van der Waals surface area contributed by atoms with E-state index >= 15 is 0 Å². The van der Waals surface area contributed by atoms with E-state index in [1.54, 1.807) is 0 Å². The van der Waals surface area contributed by atoms with Gasteiger partial charge in [-0.25, -0.2) is 0 Å². The predicted octanol–water partition coefficient (Wildman–Crippen LogP) is -1.16. The summed E-state index contributed by atoms with van der Waals surface area (Å²) in [5.41, 5.74) is 16.2. The number of rotatable bonds is 8. The minimum Gasteiger partial charge on any atom is -0.465 e. The third kappa shape index (κ3) is 8.31. The van der Waals surface area contributed by atoms with Gasteiger partial charge in [0, 0.05) is 0 Å². The van der Waals surface area contributed by atoms with E-state index in [-0.39, 0.29) is 5.97 Å². The topological polar surface area (TPSA) is 116 Å². The Kier molecular flexibility index (Phi) is 8.21. The van der Waals surface area contributed by atoms with Crippen molar-refractivity contribution in [2.45, 2.75) is 38.5 Å². The van der Waals surface area contributed by atoms with Crippen molar-refractivity contribution in [2.75, 3.05) is 13.2 Å². The Morgan fingerprint density at radius 2 is 2.07 bits per heavy atom.